The molecule has 13 heteroatoms. The van der Waals surface area contributed by atoms with E-state index in [0.29, 0.717) is 63.0 Å². The van der Waals surface area contributed by atoms with Crippen molar-refractivity contribution in [3.8, 4) is 0 Å². The molecule has 10 N–H and O–H groups in total. The molecule has 0 radical (unpaired) electrons. The summed E-state index contributed by atoms with van der Waals surface area (Å²) >= 11 is 0. The van der Waals surface area contributed by atoms with Crippen molar-refractivity contribution < 1.29 is 18.0 Å². The fourth-order valence-electron chi connectivity index (χ4n) is 3.23. The number of unbranched alkanes of at least 4 members (excludes halogenated alkanes) is 2. The topological polar surface area (TPSA) is 221 Å². The number of nitrogens with one attached hydrogen (secondary N) is 2. The van der Waals surface area contributed by atoms with E-state index in [1.165, 1.54) is 48.5 Å². The number of nitrogens with two attached hydrogens (primary N) is 4. The molecule has 0 saturated heterocycles. The van der Waals surface area contributed by atoms with Crippen molar-refractivity contribution in [2.45, 2.75) is 48.3 Å². The predicted molar refractivity (Wildman–Crippen MR) is 145 cm³/mol. The van der Waals surface area contributed by atoms with Crippen LogP contribution in [-0.2, 0) is 19.4 Å². The van der Waals surface area contributed by atoms with Gasteiger partial charge in [0.25, 0.3) is 0 Å². The Morgan fingerprint density at radius 1 is 0.622 bits per heavy atom. The van der Waals surface area contributed by atoms with Gasteiger partial charge in [-0.15, -0.1) is 0 Å². The SMILES string of the molecule is NC(N)=NCCCCC(=O)Nc1ccc(S(=O)(=O)c2ccc(NC(=O)CCCCN=C(N)N)cc2)cc1. The number of nitrogens with zero attached hydrogens (tertiary/aromatic N) is 2. The molecule has 0 aliphatic heterocycles. The molecule has 2 aromatic carbocycles. The van der Waals surface area contributed by atoms with Gasteiger partial charge in [0.1, 0.15) is 0 Å². The van der Waals surface area contributed by atoms with Gasteiger partial charge in [-0.2, -0.15) is 0 Å². The van der Waals surface area contributed by atoms with Crippen molar-refractivity contribution >= 4 is 44.9 Å². The number of anilines is 2. The van der Waals surface area contributed by atoms with Crippen molar-refractivity contribution in [2.24, 2.45) is 32.9 Å². The Bertz CT molecular complexity index is 1110. The monoisotopic (exact) mass is 530 g/mol. The maximum absolute atomic E-state index is 13.0. The second kappa shape index (κ2) is 14.4. The fraction of sp³-hybridized carbons (Fsp3) is 0.333. The third-order valence-corrected chi connectivity index (χ3v) is 6.89. The van der Waals surface area contributed by atoms with Crippen LogP contribution in [0.15, 0.2) is 68.3 Å². The second-order valence-electron chi connectivity index (χ2n) is 8.18. The van der Waals surface area contributed by atoms with Crippen LogP contribution in [0.3, 0.4) is 0 Å². The third kappa shape index (κ3) is 10.6. The summed E-state index contributed by atoms with van der Waals surface area (Å²) < 4.78 is 25.9. The van der Waals surface area contributed by atoms with Crippen molar-refractivity contribution in [2.75, 3.05) is 23.7 Å². The summed E-state index contributed by atoms with van der Waals surface area (Å²) in [7, 11) is -3.78. The van der Waals surface area contributed by atoms with Gasteiger partial charge in [0.15, 0.2) is 11.9 Å². The van der Waals surface area contributed by atoms with Gasteiger partial charge in [0.2, 0.25) is 21.7 Å². The average Bonchev–Trinajstić information content (AvgIpc) is 2.84. The second-order valence-corrected chi connectivity index (χ2v) is 10.1. The number of aliphatic imine (C=N–C) groups is 2. The molecule has 0 aliphatic rings. The first-order valence-electron chi connectivity index (χ1n) is 11.7. The lowest BCUT2D eigenvalue weighted by Crippen LogP contribution is -2.23. The number of hydrogen-bond acceptors (Lipinski definition) is 6. The third-order valence-electron chi connectivity index (χ3n) is 5.11. The molecule has 37 heavy (non-hydrogen) atoms. The van der Waals surface area contributed by atoms with Crippen molar-refractivity contribution in [1.29, 1.82) is 0 Å². The van der Waals surface area contributed by atoms with Crippen LogP contribution in [0.25, 0.3) is 0 Å². The standard InChI is InChI=1S/C24H34N8O4S/c25-23(26)29-15-3-1-5-21(33)31-17-7-11-19(12-8-17)37(35,36)20-13-9-18(10-14-20)32-22(34)6-2-4-16-30-24(27)28/h7-14H,1-6,15-16H2,(H,31,33)(H,32,34)(H4,25,26,29)(H4,27,28,30). The van der Waals surface area contributed by atoms with Gasteiger partial charge >= 0.3 is 0 Å². The van der Waals surface area contributed by atoms with E-state index < -0.39 is 9.84 Å². The molecule has 0 aromatic heterocycles. The highest BCUT2D eigenvalue weighted by atomic mass is 32.2. The maximum Gasteiger partial charge on any atom is 0.224 e. The summed E-state index contributed by atoms with van der Waals surface area (Å²) in [6.07, 6.45) is 3.16. The molecule has 2 rings (SSSR count). The normalized spacial score (nSPS) is 10.8. The summed E-state index contributed by atoms with van der Waals surface area (Å²) in [6.45, 7) is 0.911. The first kappa shape index (κ1) is 29.1. The number of benzene rings is 2. The van der Waals surface area contributed by atoms with Crippen LogP contribution in [0, 0.1) is 0 Å². The Balaban J connectivity index is 1.87. The fourth-order valence-corrected chi connectivity index (χ4v) is 4.49. The molecule has 0 heterocycles. The average molecular weight is 531 g/mol. The first-order valence-corrected chi connectivity index (χ1v) is 13.2. The molecule has 0 fully saturated rings. The lowest BCUT2D eigenvalue weighted by atomic mass is 10.2. The molecule has 0 unspecified atom stereocenters. The van der Waals surface area contributed by atoms with Gasteiger partial charge in [-0.3, -0.25) is 19.6 Å². The Morgan fingerprint density at radius 3 is 1.30 bits per heavy atom. The van der Waals surface area contributed by atoms with E-state index in [4.69, 9.17) is 22.9 Å². The van der Waals surface area contributed by atoms with E-state index in [0.717, 1.165) is 0 Å². The molecule has 2 aromatic rings. The molecule has 0 aliphatic carbocycles. The largest absolute Gasteiger partial charge is 0.370 e. The van der Waals surface area contributed by atoms with Crippen LogP contribution in [-0.4, -0.2) is 45.2 Å². The van der Waals surface area contributed by atoms with E-state index in [1.807, 2.05) is 0 Å². The Kier molecular flexibility index (Phi) is 11.4. The van der Waals surface area contributed by atoms with Gasteiger partial charge in [-0.1, -0.05) is 0 Å². The Morgan fingerprint density at radius 2 is 0.973 bits per heavy atom. The quantitative estimate of drug-likeness (QED) is 0.118. The lowest BCUT2D eigenvalue weighted by Gasteiger charge is -2.09. The number of sulfone groups is 1. The summed E-state index contributed by atoms with van der Waals surface area (Å²) in [5.41, 5.74) is 22.0. The van der Waals surface area contributed by atoms with Crippen LogP contribution in [0.1, 0.15) is 38.5 Å². The minimum absolute atomic E-state index is 0.0191. The summed E-state index contributed by atoms with van der Waals surface area (Å²) in [5.74, 6) is -0.338. The first-order chi connectivity index (χ1) is 17.6. The van der Waals surface area contributed by atoms with Gasteiger partial charge in [-0.05, 0) is 74.2 Å². The summed E-state index contributed by atoms with van der Waals surface area (Å²) in [5, 5.41) is 5.47. The number of hydrogen-bond donors (Lipinski definition) is 6. The van der Waals surface area contributed by atoms with Crippen LogP contribution in [0.2, 0.25) is 0 Å². The predicted octanol–water partition coefficient (Wildman–Crippen LogP) is 1.28. The number of rotatable bonds is 14. The Labute approximate surface area is 216 Å². The lowest BCUT2D eigenvalue weighted by molar-refractivity contribution is -0.117. The smallest absolute Gasteiger partial charge is 0.224 e. The van der Waals surface area contributed by atoms with E-state index >= 15 is 0 Å². The number of amides is 2. The molecule has 2 amide bonds. The van der Waals surface area contributed by atoms with Crippen LogP contribution >= 0.6 is 0 Å². The molecule has 12 nitrogen and oxygen atoms in total. The van der Waals surface area contributed by atoms with Gasteiger partial charge in [0, 0.05) is 37.3 Å². The minimum atomic E-state index is -3.78. The van der Waals surface area contributed by atoms with Crippen LogP contribution < -0.4 is 33.6 Å². The molecular formula is C24H34N8O4S. The number of carbonyl (C=O) groups excluding carboxylic acids is 2. The zero-order valence-corrected chi connectivity index (χ0v) is 21.3. The zero-order chi connectivity index (χ0) is 27.3. The minimum Gasteiger partial charge on any atom is -0.370 e. The molecular weight excluding hydrogens is 496 g/mol. The van der Waals surface area contributed by atoms with Gasteiger partial charge < -0.3 is 33.6 Å². The van der Waals surface area contributed by atoms with E-state index in [-0.39, 0.29) is 33.5 Å². The van der Waals surface area contributed by atoms with Crippen LogP contribution in [0.5, 0.6) is 0 Å². The Hall–Kier alpha value is -4.13. The zero-order valence-electron chi connectivity index (χ0n) is 20.5. The van der Waals surface area contributed by atoms with Gasteiger partial charge in [0.05, 0.1) is 9.79 Å². The highest BCUT2D eigenvalue weighted by Gasteiger charge is 2.18. The molecule has 0 atom stereocenters. The van der Waals surface area contributed by atoms with Crippen molar-refractivity contribution in [1.82, 2.24) is 0 Å². The van der Waals surface area contributed by atoms with Crippen LogP contribution in [0.4, 0.5) is 11.4 Å². The van der Waals surface area contributed by atoms with Gasteiger partial charge in [-0.25, -0.2) is 8.42 Å². The molecule has 0 spiro atoms. The molecule has 0 bridgehead atoms. The molecule has 0 saturated carbocycles. The highest BCUT2D eigenvalue weighted by Crippen LogP contribution is 2.24. The van der Waals surface area contributed by atoms with E-state index in [1.54, 1.807) is 0 Å². The molecule has 200 valence electrons. The van der Waals surface area contributed by atoms with E-state index in [2.05, 4.69) is 20.6 Å². The van der Waals surface area contributed by atoms with Crippen molar-refractivity contribution in [3.05, 3.63) is 48.5 Å². The number of carbonyl (C=O) groups is 2. The maximum atomic E-state index is 13.0. The summed E-state index contributed by atoms with van der Waals surface area (Å²) in [6, 6.07) is 11.9. The van der Waals surface area contributed by atoms with E-state index in [9.17, 15) is 18.0 Å². The highest BCUT2D eigenvalue weighted by molar-refractivity contribution is 7.91. The number of guanidine groups is 2. The van der Waals surface area contributed by atoms with Crippen molar-refractivity contribution in [3.63, 3.8) is 0 Å². The summed E-state index contributed by atoms with van der Waals surface area (Å²) in [4.78, 5) is 32.0.